The number of carbonyl (C=O) groups is 1. The van der Waals surface area contributed by atoms with Crippen molar-refractivity contribution in [1.82, 2.24) is 4.90 Å². The lowest BCUT2D eigenvalue weighted by molar-refractivity contribution is -0.383. The predicted octanol–water partition coefficient (Wildman–Crippen LogP) is 4.51. The summed E-state index contributed by atoms with van der Waals surface area (Å²) < 4.78 is 5.37. The number of methoxy groups -OCH3 is 1. The van der Waals surface area contributed by atoms with Crippen LogP contribution in [0.25, 0.3) is 0 Å². The highest BCUT2D eigenvalue weighted by atomic mass is 35.5. The number of ether oxygens (including phenoxy) is 1. The van der Waals surface area contributed by atoms with E-state index in [9.17, 15) is 14.9 Å². The number of nitrogens with zero attached hydrogens (tertiary/aromatic N) is 2. The first-order chi connectivity index (χ1) is 13.0. The fourth-order valence-electron chi connectivity index (χ4n) is 3.11. The van der Waals surface area contributed by atoms with Crippen LogP contribution in [-0.4, -0.2) is 29.4 Å². The molecule has 1 N–H and O–H groups in total. The van der Waals surface area contributed by atoms with Crippen LogP contribution in [0.2, 0.25) is 5.02 Å². The maximum absolute atomic E-state index is 12.0. The third-order valence-electron chi connectivity index (χ3n) is 4.48. The molecule has 1 saturated heterocycles. The number of likely N-dealkylation sites (tertiary alicyclic amines) is 1. The highest BCUT2D eigenvalue weighted by Gasteiger charge is 2.20. The van der Waals surface area contributed by atoms with Crippen molar-refractivity contribution in [1.29, 1.82) is 0 Å². The summed E-state index contributed by atoms with van der Waals surface area (Å²) in [4.78, 5) is 24.7. The van der Waals surface area contributed by atoms with Crippen LogP contribution in [0.15, 0.2) is 36.4 Å². The van der Waals surface area contributed by atoms with E-state index in [2.05, 4.69) is 5.32 Å². The van der Waals surface area contributed by atoms with E-state index in [0.29, 0.717) is 30.1 Å². The lowest BCUT2D eigenvalue weighted by Crippen LogP contribution is -2.34. The number of nitro groups is 1. The van der Waals surface area contributed by atoms with Gasteiger partial charge in [-0.1, -0.05) is 17.7 Å². The maximum Gasteiger partial charge on any atom is 0.294 e. The second kappa shape index (κ2) is 8.26. The maximum atomic E-state index is 12.0. The summed E-state index contributed by atoms with van der Waals surface area (Å²) in [5.41, 5.74) is 1.70. The van der Waals surface area contributed by atoms with Gasteiger partial charge in [-0.15, -0.1) is 0 Å². The molecule has 8 heteroatoms. The molecule has 3 rings (SSSR count). The number of benzene rings is 2. The van der Waals surface area contributed by atoms with E-state index < -0.39 is 4.92 Å². The minimum Gasteiger partial charge on any atom is -0.495 e. The molecule has 1 aliphatic rings. The van der Waals surface area contributed by atoms with E-state index >= 15 is 0 Å². The zero-order valence-electron chi connectivity index (χ0n) is 14.9. The molecule has 0 aliphatic carbocycles. The zero-order valence-corrected chi connectivity index (χ0v) is 15.7. The monoisotopic (exact) mass is 389 g/mol. The van der Waals surface area contributed by atoms with Crippen LogP contribution >= 0.6 is 11.6 Å². The van der Waals surface area contributed by atoms with Crippen LogP contribution in [-0.2, 0) is 11.3 Å². The van der Waals surface area contributed by atoms with Gasteiger partial charge < -0.3 is 15.0 Å². The van der Waals surface area contributed by atoms with Crippen LogP contribution in [0.1, 0.15) is 24.8 Å². The van der Waals surface area contributed by atoms with E-state index in [1.807, 2.05) is 17.0 Å². The molecule has 27 heavy (non-hydrogen) atoms. The number of piperidine rings is 1. The van der Waals surface area contributed by atoms with Crippen molar-refractivity contribution in [3.8, 4) is 5.75 Å². The van der Waals surface area contributed by atoms with Crippen molar-refractivity contribution >= 4 is 34.6 Å². The molecule has 1 heterocycles. The van der Waals surface area contributed by atoms with Gasteiger partial charge in [-0.05, 0) is 42.7 Å². The summed E-state index contributed by atoms with van der Waals surface area (Å²) in [5.74, 6) is 0.702. The van der Waals surface area contributed by atoms with Gasteiger partial charge in [-0.25, -0.2) is 0 Å². The molecule has 0 radical (unpaired) electrons. The van der Waals surface area contributed by atoms with E-state index in [-0.39, 0.29) is 16.6 Å². The SMILES string of the molecule is COc1ccc(CN2CCCCC2=O)cc1Nc1ccc(Cl)cc1[N+](=O)[O-]. The Morgan fingerprint density at radius 1 is 1.22 bits per heavy atom. The third-order valence-corrected chi connectivity index (χ3v) is 4.72. The van der Waals surface area contributed by atoms with Crippen molar-refractivity contribution < 1.29 is 14.5 Å². The van der Waals surface area contributed by atoms with E-state index in [1.165, 1.54) is 13.2 Å². The highest BCUT2D eigenvalue weighted by molar-refractivity contribution is 6.30. The molecule has 2 aromatic carbocycles. The van der Waals surface area contributed by atoms with Gasteiger partial charge in [0.1, 0.15) is 11.4 Å². The first-order valence-electron chi connectivity index (χ1n) is 8.63. The normalized spacial score (nSPS) is 14.1. The average Bonchev–Trinajstić information content (AvgIpc) is 2.65. The van der Waals surface area contributed by atoms with Gasteiger partial charge in [0.15, 0.2) is 0 Å². The topological polar surface area (TPSA) is 84.7 Å². The molecular weight excluding hydrogens is 370 g/mol. The van der Waals surface area contributed by atoms with Crippen LogP contribution in [0, 0.1) is 10.1 Å². The number of hydrogen-bond acceptors (Lipinski definition) is 5. The Labute approximate surface area is 162 Å². The van der Waals surface area contributed by atoms with E-state index in [4.69, 9.17) is 16.3 Å². The molecule has 0 bridgehead atoms. The Morgan fingerprint density at radius 2 is 2.04 bits per heavy atom. The molecule has 2 aromatic rings. The molecular formula is C19H20ClN3O4. The Morgan fingerprint density at radius 3 is 2.74 bits per heavy atom. The summed E-state index contributed by atoms with van der Waals surface area (Å²) in [6.07, 6.45) is 2.52. The number of halogens is 1. The predicted molar refractivity (Wildman–Crippen MR) is 104 cm³/mol. The molecule has 1 amide bonds. The van der Waals surface area contributed by atoms with E-state index in [0.717, 1.165) is 24.9 Å². The molecule has 1 aliphatic heterocycles. The third kappa shape index (κ3) is 4.49. The standard InChI is InChI=1S/C19H20ClN3O4/c1-27-18-8-5-13(12-22-9-3-2-4-19(22)24)10-16(18)21-15-7-6-14(20)11-17(15)23(25)26/h5-8,10-11,21H,2-4,9,12H2,1H3. The molecule has 0 spiro atoms. The Bertz CT molecular complexity index is 872. The summed E-state index contributed by atoms with van der Waals surface area (Å²) in [6.45, 7) is 1.25. The fraction of sp³-hybridized carbons (Fsp3) is 0.316. The largest absolute Gasteiger partial charge is 0.495 e. The molecule has 7 nitrogen and oxygen atoms in total. The van der Waals surface area contributed by atoms with Crippen molar-refractivity contribution in [2.45, 2.75) is 25.8 Å². The van der Waals surface area contributed by atoms with Crippen molar-refractivity contribution in [2.24, 2.45) is 0 Å². The highest BCUT2D eigenvalue weighted by Crippen LogP contribution is 2.34. The van der Waals surface area contributed by atoms with Crippen molar-refractivity contribution in [2.75, 3.05) is 19.0 Å². The van der Waals surface area contributed by atoms with Gasteiger partial charge in [-0.3, -0.25) is 14.9 Å². The van der Waals surface area contributed by atoms with Gasteiger partial charge >= 0.3 is 0 Å². The lowest BCUT2D eigenvalue weighted by atomic mass is 10.1. The van der Waals surface area contributed by atoms with Gasteiger partial charge in [0.2, 0.25) is 5.91 Å². The summed E-state index contributed by atoms with van der Waals surface area (Å²) >= 11 is 5.88. The lowest BCUT2D eigenvalue weighted by Gasteiger charge is -2.27. The van der Waals surface area contributed by atoms with Crippen LogP contribution in [0.3, 0.4) is 0 Å². The smallest absolute Gasteiger partial charge is 0.294 e. The quantitative estimate of drug-likeness (QED) is 0.580. The fourth-order valence-corrected chi connectivity index (χ4v) is 3.27. The molecule has 0 aromatic heterocycles. The van der Waals surface area contributed by atoms with Crippen molar-refractivity contribution in [3.05, 3.63) is 57.1 Å². The molecule has 1 fully saturated rings. The first kappa shape index (κ1) is 19.0. The second-order valence-corrected chi connectivity index (χ2v) is 6.79. The first-order valence-corrected chi connectivity index (χ1v) is 9.01. The van der Waals surface area contributed by atoms with E-state index in [1.54, 1.807) is 18.2 Å². The minimum absolute atomic E-state index is 0.124. The number of carbonyl (C=O) groups excluding carboxylic acids is 1. The number of nitro benzene ring substituents is 1. The number of nitrogens with one attached hydrogen (secondary N) is 1. The molecule has 0 saturated carbocycles. The van der Waals surface area contributed by atoms with Crippen LogP contribution < -0.4 is 10.1 Å². The Kier molecular flexibility index (Phi) is 5.81. The summed E-state index contributed by atoms with van der Waals surface area (Å²) in [5, 5.41) is 14.7. The van der Waals surface area contributed by atoms with Crippen LogP contribution in [0.5, 0.6) is 5.75 Å². The molecule has 0 atom stereocenters. The molecule has 0 unspecified atom stereocenters. The Hall–Kier alpha value is -2.80. The van der Waals surface area contributed by atoms with Gasteiger partial charge in [0.25, 0.3) is 5.69 Å². The van der Waals surface area contributed by atoms with Crippen molar-refractivity contribution in [3.63, 3.8) is 0 Å². The van der Waals surface area contributed by atoms with Gasteiger partial charge in [0, 0.05) is 30.6 Å². The second-order valence-electron chi connectivity index (χ2n) is 6.35. The minimum atomic E-state index is -0.489. The van der Waals surface area contributed by atoms with Crippen LogP contribution in [0.4, 0.5) is 17.1 Å². The zero-order chi connectivity index (χ0) is 19.4. The van der Waals surface area contributed by atoms with Gasteiger partial charge in [-0.2, -0.15) is 0 Å². The Balaban J connectivity index is 1.88. The number of rotatable bonds is 6. The number of hydrogen-bond donors (Lipinski definition) is 1. The summed E-state index contributed by atoms with van der Waals surface area (Å²) in [6, 6.07) is 9.96. The summed E-state index contributed by atoms with van der Waals surface area (Å²) in [7, 11) is 1.53. The number of amides is 1. The molecule has 142 valence electrons. The van der Waals surface area contributed by atoms with Gasteiger partial charge in [0.05, 0.1) is 17.7 Å². The number of anilines is 2. The average molecular weight is 390 g/mol.